The molecule has 236 valence electrons. The fourth-order valence-corrected chi connectivity index (χ4v) is 10.2. The van der Waals surface area contributed by atoms with Crippen LogP contribution in [0, 0.1) is 23.7 Å². The molecule has 3 fully saturated rings. The van der Waals surface area contributed by atoms with Gasteiger partial charge in [0.1, 0.15) is 6.04 Å². The van der Waals surface area contributed by atoms with Gasteiger partial charge in [-0.1, -0.05) is 69.7 Å². The van der Waals surface area contributed by atoms with Gasteiger partial charge in [0.25, 0.3) is 5.91 Å². The third-order valence-electron chi connectivity index (χ3n) is 10.2. The van der Waals surface area contributed by atoms with Crippen LogP contribution < -0.4 is 4.90 Å². The molecule has 2 bridgehead atoms. The van der Waals surface area contributed by atoms with Gasteiger partial charge in [-0.05, 0) is 60.4 Å². The molecule has 3 saturated heterocycles. The molecule has 2 aromatic rings. The lowest BCUT2D eigenvalue weighted by Gasteiger charge is -2.43. The van der Waals surface area contributed by atoms with Gasteiger partial charge in [0.2, 0.25) is 5.91 Å². The van der Waals surface area contributed by atoms with Crippen molar-refractivity contribution in [3.05, 3.63) is 67.8 Å². The Morgan fingerprint density at radius 2 is 1.93 bits per heavy atom. The molecule has 8 heteroatoms. The van der Waals surface area contributed by atoms with Gasteiger partial charge in [-0.15, -0.1) is 24.9 Å². The van der Waals surface area contributed by atoms with Crippen molar-refractivity contribution in [1.82, 2.24) is 4.90 Å². The summed E-state index contributed by atoms with van der Waals surface area (Å²) in [5, 5.41) is 12.7. The maximum Gasteiger partial charge on any atom is 0.310 e. The van der Waals surface area contributed by atoms with E-state index in [4.69, 9.17) is 4.74 Å². The molecule has 3 heterocycles. The van der Waals surface area contributed by atoms with Crippen LogP contribution in [-0.2, 0) is 19.1 Å². The molecule has 2 amide bonds. The predicted octanol–water partition coefficient (Wildman–Crippen LogP) is 6.00. The van der Waals surface area contributed by atoms with Crippen molar-refractivity contribution in [3.8, 4) is 0 Å². The highest BCUT2D eigenvalue weighted by atomic mass is 32.2. The van der Waals surface area contributed by atoms with E-state index in [9.17, 15) is 14.7 Å². The van der Waals surface area contributed by atoms with Gasteiger partial charge in [-0.3, -0.25) is 14.4 Å². The van der Waals surface area contributed by atoms with Crippen LogP contribution in [0.15, 0.2) is 67.8 Å². The summed E-state index contributed by atoms with van der Waals surface area (Å²) >= 11 is 1.63. The number of hydrogen-bond acceptors (Lipinski definition) is 6. The van der Waals surface area contributed by atoms with Crippen LogP contribution >= 0.6 is 11.8 Å². The van der Waals surface area contributed by atoms with Crippen molar-refractivity contribution in [2.75, 3.05) is 24.7 Å². The van der Waals surface area contributed by atoms with Gasteiger partial charge in [0.05, 0.1) is 35.8 Å². The third-order valence-corrected chi connectivity index (χ3v) is 12.3. The van der Waals surface area contributed by atoms with Gasteiger partial charge >= 0.3 is 5.97 Å². The van der Waals surface area contributed by atoms with Crippen molar-refractivity contribution in [2.24, 2.45) is 23.7 Å². The average Bonchev–Trinajstić information content (AvgIpc) is 3.63. The molecule has 3 unspecified atom stereocenters. The number of aliphatic hydroxyl groups is 1. The first-order valence-electron chi connectivity index (χ1n) is 16.0. The quantitative estimate of drug-likeness (QED) is 0.159. The highest BCUT2D eigenvalue weighted by Gasteiger charge is 2.77. The second-order valence-electron chi connectivity index (χ2n) is 12.7. The number of allylic oxidation sites excluding steroid dienone is 1. The second-order valence-corrected chi connectivity index (χ2v) is 14.2. The number of hydrogen-bond donors (Lipinski definition) is 1. The van der Waals surface area contributed by atoms with Crippen LogP contribution in [0.4, 0.5) is 5.69 Å². The zero-order valence-corrected chi connectivity index (χ0v) is 27.0. The summed E-state index contributed by atoms with van der Waals surface area (Å²) in [5.41, 5.74) is 0.727. The van der Waals surface area contributed by atoms with E-state index in [1.54, 1.807) is 27.6 Å². The van der Waals surface area contributed by atoms with Crippen molar-refractivity contribution in [2.45, 2.75) is 75.0 Å². The molecule has 1 spiro atoms. The zero-order valence-electron chi connectivity index (χ0n) is 26.2. The predicted molar refractivity (Wildman–Crippen MR) is 177 cm³/mol. The molecule has 0 aromatic heterocycles. The minimum Gasteiger partial charge on any atom is -0.465 e. The number of esters is 1. The first kappa shape index (κ1) is 32.3. The van der Waals surface area contributed by atoms with E-state index >= 15 is 4.79 Å². The molecule has 7 nitrogen and oxygen atoms in total. The molecule has 0 saturated carbocycles. The summed E-state index contributed by atoms with van der Waals surface area (Å²) in [7, 11) is 0. The Balaban J connectivity index is 1.57. The lowest BCUT2D eigenvalue weighted by atomic mass is 9.66. The Labute approximate surface area is 265 Å². The summed E-state index contributed by atoms with van der Waals surface area (Å²) in [6.45, 7) is 14.2. The van der Waals surface area contributed by atoms with Crippen LogP contribution in [0.25, 0.3) is 10.8 Å². The second kappa shape index (κ2) is 13.5. The Hall–Kier alpha value is -3.10. The number of amides is 2. The topological polar surface area (TPSA) is 87.1 Å². The van der Waals surface area contributed by atoms with E-state index in [0.717, 1.165) is 48.6 Å². The van der Waals surface area contributed by atoms with Gasteiger partial charge in [0, 0.05) is 17.5 Å². The van der Waals surface area contributed by atoms with E-state index in [0.29, 0.717) is 6.61 Å². The SMILES string of the molecule is C=CCCCCOC(=O)[C@@H]1[C@H]2C(=O)N([C@@H](CO)[C@@H](C)CC)C(C(=O)N(CC=C)c3ccc4ccccc4c3)C23S[C@@H]1CC3C. The third kappa shape index (κ3) is 5.38. The lowest BCUT2D eigenvalue weighted by Crippen LogP contribution is -2.60. The first-order valence-corrected chi connectivity index (χ1v) is 16.9. The Kier molecular flexibility index (Phi) is 9.90. The molecule has 0 radical (unpaired) electrons. The summed E-state index contributed by atoms with van der Waals surface area (Å²) in [4.78, 5) is 46.8. The molecule has 3 aliphatic heterocycles. The number of ether oxygens (including phenoxy) is 1. The molecular formula is C36H46N2O5S. The van der Waals surface area contributed by atoms with E-state index in [1.807, 2.05) is 62.4 Å². The molecule has 1 N–H and O–H groups in total. The van der Waals surface area contributed by atoms with Crippen molar-refractivity contribution in [1.29, 1.82) is 0 Å². The number of rotatable bonds is 14. The van der Waals surface area contributed by atoms with Gasteiger partial charge < -0.3 is 19.6 Å². The lowest BCUT2D eigenvalue weighted by molar-refractivity contribution is -0.155. The fourth-order valence-electron chi connectivity index (χ4n) is 7.78. The summed E-state index contributed by atoms with van der Waals surface area (Å²) in [6.07, 6.45) is 7.49. The number of likely N-dealkylation sites (tertiary alicyclic amines) is 1. The van der Waals surface area contributed by atoms with Gasteiger partial charge in [-0.2, -0.15) is 0 Å². The molecule has 8 atom stereocenters. The maximum absolute atomic E-state index is 15.0. The van der Waals surface area contributed by atoms with E-state index in [2.05, 4.69) is 20.1 Å². The summed E-state index contributed by atoms with van der Waals surface area (Å²) in [5.74, 6) is -2.09. The number of nitrogens with zero attached hydrogens (tertiary/aromatic N) is 2. The number of fused-ring (bicyclic) bond motifs is 2. The maximum atomic E-state index is 15.0. The van der Waals surface area contributed by atoms with E-state index in [1.165, 1.54) is 0 Å². The zero-order chi connectivity index (χ0) is 31.6. The monoisotopic (exact) mass is 618 g/mol. The average molecular weight is 619 g/mol. The van der Waals surface area contributed by atoms with Crippen LogP contribution in [0.2, 0.25) is 0 Å². The smallest absolute Gasteiger partial charge is 0.310 e. The summed E-state index contributed by atoms with van der Waals surface area (Å²) < 4.78 is 4.98. The van der Waals surface area contributed by atoms with E-state index < -0.39 is 28.7 Å². The Morgan fingerprint density at radius 1 is 1.18 bits per heavy atom. The molecular weight excluding hydrogens is 572 g/mol. The highest BCUT2D eigenvalue weighted by molar-refractivity contribution is 8.02. The normalized spacial score (nSPS) is 28.5. The fraction of sp³-hybridized carbons (Fsp3) is 0.528. The van der Waals surface area contributed by atoms with Gasteiger partial charge in [-0.25, -0.2) is 0 Å². The Morgan fingerprint density at radius 3 is 2.61 bits per heavy atom. The highest BCUT2D eigenvalue weighted by Crippen LogP contribution is 2.69. The standard InChI is InChI=1S/C36H46N2O5S/c1-6-9-10-13-19-43-35(42)30-29-20-24(5)36(44-29)31(30)33(40)38(28(22-39)23(4)8-3)32(36)34(41)37(18-7-2)27-17-16-25-14-11-12-15-26(25)21-27/h6-7,11-12,14-17,21,23-24,28-32,39H,1-2,8-10,13,18-20,22H2,3-5H3/t23-,24?,28-,29+,30-,31-,32?,36?/m0/s1. The van der Waals surface area contributed by atoms with E-state index in [-0.39, 0.29) is 48.0 Å². The molecule has 5 rings (SSSR count). The first-order chi connectivity index (χ1) is 21.2. The molecule has 3 aliphatic rings. The number of anilines is 1. The number of aliphatic hydroxyl groups excluding tert-OH is 1. The molecule has 44 heavy (non-hydrogen) atoms. The largest absolute Gasteiger partial charge is 0.465 e. The van der Waals surface area contributed by atoms with Crippen molar-refractivity contribution >= 4 is 46.0 Å². The number of unbranched alkanes of at least 4 members (excludes halogenated alkanes) is 2. The van der Waals surface area contributed by atoms with Crippen molar-refractivity contribution < 1.29 is 24.2 Å². The number of thioether (sulfide) groups is 1. The van der Waals surface area contributed by atoms with Gasteiger partial charge in [0.15, 0.2) is 0 Å². The van der Waals surface area contributed by atoms with Crippen LogP contribution in [-0.4, -0.2) is 69.6 Å². The number of carbonyl (C=O) groups excluding carboxylic acids is 3. The van der Waals surface area contributed by atoms with Crippen LogP contribution in [0.1, 0.15) is 52.9 Å². The molecule has 2 aromatic carbocycles. The summed E-state index contributed by atoms with van der Waals surface area (Å²) in [6, 6.07) is 12.6. The Bertz CT molecular complexity index is 1410. The minimum absolute atomic E-state index is 0.0144. The van der Waals surface area contributed by atoms with Crippen LogP contribution in [0.5, 0.6) is 0 Å². The van der Waals surface area contributed by atoms with Crippen LogP contribution in [0.3, 0.4) is 0 Å². The van der Waals surface area contributed by atoms with Crippen molar-refractivity contribution in [3.63, 3.8) is 0 Å². The molecule has 0 aliphatic carbocycles. The number of benzene rings is 2. The number of carbonyl (C=O) groups is 3. The minimum atomic E-state index is -0.840.